The van der Waals surface area contributed by atoms with Crippen molar-refractivity contribution >= 4 is 40.6 Å². The Kier molecular flexibility index (Phi) is 7.61. The van der Waals surface area contributed by atoms with Gasteiger partial charge < -0.3 is 25.6 Å². The third-order valence-electron chi connectivity index (χ3n) is 5.40. The van der Waals surface area contributed by atoms with E-state index < -0.39 is 23.5 Å². The van der Waals surface area contributed by atoms with Gasteiger partial charge in [-0.25, -0.2) is 4.98 Å². The molecule has 0 atom stereocenters. The molecule has 2 amide bonds. The normalized spacial score (nSPS) is 13.2. The average Bonchev–Trinajstić information content (AvgIpc) is 2.85. The van der Waals surface area contributed by atoms with Gasteiger partial charge in [0.1, 0.15) is 23.2 Å². The molecule has 38 heavy (non-hydrogen) atoms. The lowest BCUT2D eigenvalue weighted by atomic mass is 10.1. The maximum atomic E-state index is 13.7. The van der Waals surface area contributed by atoms with Crippen LogP contribution in [0.4, 0.5) is 42.0 Å². The van der Waals surface area contributed by atoms with Gasteiger partial charge in [0.15, 0.2) is 0 Å². The van der Waals surface area contributed by atoms with Gasteiger partial charge in [-0.2, -0.15) is 18.2 Å². The summed E-state index contributed by atoms with van der Waals surface area (Å²) in [7, 11) is 0. The van der Waals surface area contributed by atoms with Crippen molar-refractivity contribution < 1.29 is 27.5 Å². The third-order valence-corrected chi connectivity index (χ3v) is 5.40. The highest BCUT2D eigenvalue weighted by molar-refractivity contribution is 5.99. The van der Waals surface area contributed by atoms with Gasteiger partial charge in [0, 0.05) is 29.3 Å². The molecule has 2 heterocycles. The molecule has 4 rings (SSSR count). The van der Waals surface area contributed by atoms with Crippen LogP contribution in [0.2, 0.25) is 0 Å². The number of nitrogens with zero attached hydrogens (tertiary/aromatic N) is 3. The van der Waals surface area contributed by atoms with Crippen LogP contribution >= 0.6 is 0 Å². The molecule has 1 aliphatic heterocycles. The summed E-state index contributed by atoms with van der Waals surface area (Å²) in [6.07, 6.45) is -1.90. The first kappa shape index (κ1) is 26.2. The Labute approximate surface area is 216 Å². The summed E-state index contributed by atoms with van der Waals surface area (Å²) in [6.45, 7) is 7.68. The fourth-order valence-electron chi connectivity index (χ4n) is 3.54. The lowest BCUT2D eigenvalue weighted by molar-refractivity contribution is -0.137. The Morgan fingerprint density at radius 3 is 2.37 bits per heavy atom. The molecule has 0 aliphatic carbocycles. The van der Waals surface area contributed by atoms with Gasteiger partial charge in [-0.15, -0.1) is 0 Å². The molecule has 0 bridgehead atoms. The lowest BCUT2D eigenvalue weighted by Gasteiger charge is -2.38. The summed E-state index contributed by atoms with van der Waals surface area (Å²) in [5.41, 5.74) is 0.0490. The number of hydrogen-bond donors (Lipinski definition) is 3. The van der Waals surface area contributed by atoms with Gasteiger partial charge >= 0.3 is 6.18 Å². The summed E-state index contributed by atoms with van der Waals surface area (Å²) in [5.74, 6) is -0.680. The van der Waals surface area contributed by atoms with Gasteiger partial charge in [-0.3, -0.25) is 9.59 Å². The fourth-order valence-corrected chi connectivity index (χ4v) is 3.54. The molecule has 1 fully saturated rings. The number of aromatic nitrogens is 2. The molecule has 3 aromatic rings. The van der Waals surface area contributed by atoms with Crippen LogP contribution in [0.25, 0.3) is 0 Å². The molecule has 196 valence electrons. The minimum absolute atomic E-state index is 0.0832. The number of anilines is 5. The van der Waals surface area contributed by atoms with Crippen molar-refractivity contribution in [2.45, 2.75) is 12.3 Å². The third kappa shape index (κ3) is 6.46. The van der Waals surface area contributed by atoms with Crippen LogP contribution in [0, 0.1) is 0 Å². The van der Waals surface area contributed by atoms with E-state index in [1.54, 1.807) is 41.3 Å². The largest absolute Gasteiger partial charge is 0.487 e. The molecule has 12 heteroatoms. The molecule has 2 aromatic carbocycles. The second-order valence-electron chi connectivity index (χ2n) is 8.19. The van der Waals surface area contributed by atoms with Crippen LogP contribution in [0.1, 0.15) is 5.56 Å². The van der Waals surface area contributed by atoms with E-state index in [1.165, 1.54) is 18.2 Å². The van der Waals surface area contributed by atoms with E-state index in [1.807, 2.05) is 0 Å². The SMILES string of the molecule is C=CC(=O)Nc1cccc(Nc2nc(Nc3cccc(OC4CN(C(=O)C=C)C4)c3)ncc2C(F)(F)F)c1. The fraction of sp³-hybridized carbons (Fsp3) is 0.154. The molecule has 0 radical (unpaired) electrons. The van der Waals surface area contributed by atoms with Crippen molar-refractivity contribution in [3.05, 3.63) is 85.6 Å². The predicted molar refractivity (Wildman–Crippen MR) is 137 cm³/mol. The summed E-state index contributed by atoms with van der Waals surface area (Å²) in [5, 5.41) is 8.08. The van der Waals surface area contributed by atoms with Crippen molar-refractivity contribution in [3.8, 4) is 5.75 Å². The lowest BCUT2D eigenvalue weighted by Crippen LogP contribution is -2.55. The molecular weight excluding hydrogens is 501 g/mol. The van der Waals surface area contributed by atoms with Gasteiger partial charge in [-0.1, -0.05) is 25.3 Å². The van der Waals surface area contributed by atoms with E-state index in [2.05, 4.69) is 39.1 Å². The second-order valence-corrected chi connectivity index (χ2v) is 8.19. The number of ether oxygens (including phenoxy) is 1. The van der Waals surface area contributed by atoms with Crippen LogP contribution in [-0.2, 0) is 15.8 Å². The van der Waals surface area contributed by atoms with Crippen molar-refractivity contribution in [2.75, 3.05) is 29.0 Å². The number of benzene rings is 2. The minimum Gasteiger partial charge on any atom is -0.487 e. The standard InChI is InChI=1S/C26H23F3N6O3/c1-3-22(36)31-16-7-5-8-17(11-16)32-24-21(26(27,28)29)13-30-25(34-24)33-18-9-6-10-19(12-18)38-20-14-35(15-20)23(37)4-2/h3-13,20H,1-2,14-15H2,(H,31,36)(H2,30,32,33,34). The van der Waals surface area contributed by atoms with Gasteiger partial charge in [0.2, 0.25) is 17.8 Å². The summed E-state index contributed by atoms with van der Waals surface area (Å²) in [6, 6.07) is 12.9. The number of amides is 2. The monoisotopic (exact) mass is 524 g/mol. The van der Waals surface area contributed by atoms with Crippen LogP contribution in [-0.4, -0.2) is 45.9 Å². The Hall–Kier alpha value is -4.87. The number of carbonyl (C=O) groups excluding carboxylic acids is 2. The quantitative estimate of drug-likeness (QED) is 0.342. The zero-order chi connectivity index (χ0) is 27.3. The van der Waals surface area contributed by atoms with E-state index >= 15 is 0 Å². The number of carbonyl (C=O) groups is 2. The van der Waals surface area contributed by atoms with Gasteiger partial charge in [0.25, 0.3) is 0 Å². The number of nitrogens with one attached hydrogen (secondary N) is 3. The molecule has 1 saturated heterocycles. The molecular formula is C26H23F3N6O3. The Morgan fingerprint density at radius 2 is 1.68 bits per heavy atom. The minimum atomic E-state index is -4.72. The molecule has 0 unspecified atom stereocenters. The summed E-state index contributed by atoms with van der Waals surface area (Å²) < 4.78 is 46.9. The van der Waals surface area contributed by atoms with Crippen molar-refractivity contribution in [1.29, 1.82) is 0 Å². The molecule has 3 N–H and O–H groups in total. The predicted octanol–water partition coefficient (Wildman–Crippen LogP) is 4.88. The van der Waals surface area contributed by atoms with Crippen LogP contribution in [0.5, 0.6) is 5.75 Å². The van der Waals surface area contributed by atoms with Crippen LogP contribution in [0.3, 0.4) is 0 Å². The topological polar surface area (TPSA) is 108 Å². The number of rotatable bonds is 9. The number of likely N-dealkylation sites (tertiary alicyclic amines) is 1. The second kappa shape index (κ2) is 11.0. The smallest absolute Gasteiger partial charge is 0.421 e. The van der Waals surface area contributed by atoms with Crippen molar-refractivity contribution in [3.63, 3.8) is 0 Å². The zero-order valence-electron chi connectivity index (χ0n) is 20.0. The van der Waals surface area contributed by atoms with Crippen molar-refractivity contribution in [2.24, 2.45) is 0 Å². The highest BCUT2D eigenvalue weighted by atomic mass is 19.4. The molecule has 9 nitrogen and oxygen atoms in total. The van der Waals surface area contributed by atoms with E-state index in [4.69, 9.17) is 4.74 Å². The van der Waals surface area contributed by atoms with E-state index in [0.717, 1.165) is 6.08 Å². The summed E-state index contributed by atoms with van der Waals surface area (Å²) in [4.78, 5) is 32.6. The Balaban J connectivity index is 1.50. The number of hydrogen-bond acceptors (Lipinski definition) is 7. The number of alkyl halides is 3. The zero-order valence-corrected chi connectivity index (χ0v) is 20.0. The first-order valence-electron chi connectivity index (χ1n) is 11.3. The van der Waals surface area contributed by atoms with Crippen LogP contribution < -0.4 is 20.7 Å². The summed E-state index contributed by atoms with van der Waals surface area (Å²) >= 11 is 0. The molecule has 0 saturated carbocycles. The Morgan fingerprint density at radius 1 is 1.00 bits per heavy atom. The maximum absolute atomic E-state index is 13.7. The first-order chi connectivity index (χ1) is 18.1. The molecule has 1 aromatic heterocycles. The van der Waals surface area contributed by atoms with Crippen molar-refractivity contribution in [1.82, 2.24) is 14.9 Å². The van der Waals surface area contributed by atoms with Gasteiger partial charge in [0.05, 0.1) is 13.1 Å². The highest BCUT2D eigenvalue weighted by Crippen LogP contribution is 2.36. The maximum Gasteiger partial charge on any atom is 0.421 e. The van der Waals surface area contributed by atoms with E-state index in [9.17, 15) is 22.8 Å². The highest BCUT2D eigenvalue weighted by Gasteiger charge is 2.35. The number of halogens is 3. The van der Waals surface area contributed by atoms with E-state index in [0.29, 0.717) is 36.4 Å². The molecule has 1 aliphatic rings. The van der Waals surface area contributed by atoms with Gasteiger partial charge in [-0.05, 0) is 42.5 Å². The first-order valence-corrected chi connectivity index (χ1v) is 11.3. The average molecular weight is 525 g/mol. The van der Waals surface area contributed by atoms with E-state index in [-0.39, 0.29) is 23.6 Å². The molecule has 0 spiro atoms. The van der Waals surface area contributed by atoms with Crippen LogP contribution in [0.15, 0.2) is 80.0 Å². The Bertz CT molecular complexity index is 1370.